The van der Waals surface area contributed by atoms with Crippen LogP contribution in [0.15, 0.2) is 0 Å². The van der Waals surface area contributed by atoms with Gasteiger partial charge in [0.15, 0.2) is 0 Å². The van der Waals surface area contributed by atoms with Gasteiger partial charge in [0, 0.05) is 12.6 Å². The predicted molar refractivity (Wildman–Crippen MR) is 56.6 cm³/mol. The molecule has 15 heavy (non-hydrogen) atoms. The molecule has 2 heterocycles. The normalized spacial score (nSPS) is 42.2. The fourth-order valence-electron chi connectivity index (χ4n) is 2.74. The Bertz CT molecular complexity index is 222. The van der Waals surface area contributed by atoms with E-state index >= 15 is 0 Å². The number of nitrogens with zero attached hydrogens (tertiary/aromatic N) is 1. The number of hydrogen-bond donors (Lipinski definition) is 2. The zero-order valence-electron chi connectivity index (χ0n) is 9.47. The molecule has 0 radical (unpaired) electrons. The minimum absolute atomic E-state index is 0.0484. The molecule has 0 saturated carbocycles. The van der Waals surface area contributed by atoms with Gasteiger partial charge in [-0.25, -0.2) is 0 Å². The molecule has 0 spiro atoms. The summed E-state index contributed by atoms with van der Waals surface area (Å²) in [7, 11) is 0. The third-order valence-electron chi connectivity index (χ3n) is 3.38. The van der Waals surface area contributed by atoms with E-state index in [4.69, 9.17) is 4.74 Å². The Morgan fingerprint density at radius 1 is 1.33 bits per heavy atom. The molecule has 0 aromatic rings. The molecule has 0 amide bonds. The summed E-state index contributed by atoms with van der Waals surface area (Å²) in [5.74, 6) is 0. The monoisotopic (exact) mass is 215 g/mol. The molecule has 2 aliphatic heterocycles. The van der Waals surface area contributed by atoms with Gasteiger partial charge in [-0.05, 0) is 33.2 Å². The molecule has 88 valence electrons. The second kappa shape index (κ2) is 4.37. The van der Waals surface area contributed by atoms with E-state index in [0.29, 0.717) is 6.54 Å². The van der Waals surface area contributed by atoms with Gasteiger partial charge in [0.25, 0.3) is 0 Å². The minimum atomic E-state index is -0.559. The minimum Gasteiger partial charge on any atom is -0.389 e. The van der Waals surface area contributed by atoms with Crippen LogP contribution in [0.2, 0.25) is 0 Å². The molecule has 2 N–H and O–H groups in total. The average molecular weight is 215 g/mol. The van der Waals surface area contributed by atoms with Crippen LogP contribution in [0.5, 0.6) is 0 Å². The van der Waals surface area contributed by atoms with Crippen LogP contribution in [-0.4, -0.2) is 58.7 Å². The quantitative estimate of drug-likeness (QED) is 0.680. The Balaban J connectivity index is 2.04. The molecule has 2 rings (SSSR count). The first-order valence-electron chi connectivity index (χ1n) is 5.85. The highest BCUT2D eigenvalue weighted by Crippen LogP contribution is 2.29. The van der Waals surface area contributed by atoms with Gasteiger partial charge in [0.2, 0.25) is 0 Å². The Morgan fingerprint density at radius 3 is 2.73 bits per heavy atom. The van der Waals surface area contributed by atoms with Crippen LogP contribution in [0.1, 0.15) is 26.7 Å². The molecule has 0 aliphatic carbocycles. The molecule has 4 heteroatoms. The molecule has 2 saturated heterocycles. The molecule has 2 aliphatic rings. The molecule has 2 fully saturated rings. The first kappa shape index (κ1) is 11.3. The van der Waals surface area contributed by atoms with Crippen molar-refractivity contribution in [3.8, 4) is 0 Å². The van der Waals surface area contributed by atoms with Gasteiger partial charge in [-0.2, -0.15) is 0 Å². The van der Waals surface area contributed by atoms with Crippen molar-refractivity contribution in [3.05, 3.63) is 0 Å². The van der Waals surface area contributed by atoms with E-state index in [2.05, 4.69) is 4.90 Å². The van der Waals surface area contributed by atoms with E-state index in [-0.39, 0.29) is 12.1 Å². The standard InChI is InChI=1S/C11H21NO3/c1-7(2)15-11-9(13)6-12-5-3-4-8(12)10(11)14/h7-11,13-14H,3-6H2,1-2H3/t8-,9+,10+,11-/m1/s1. The van der Waals surface area contributed by atoms with Gasteiger partial charge in [-0.1, -0.05) is 0 Å². The van der Waals surface area contributed by atoms with E-state index < -0.39 is 18.3 Å². The van der Waals surface area contributed by atoms with Gasteiger partial charge in [0.1, 0.15) is 6.10 Å². The van der Waals surface area contributed by atoms with Crippen molar-refractivity contribution >= 4 is 0 Å². The smallest absolute Gasteiger partial charge is 0.112 e. The lowest BCUT2D eigenvalue weighted by molar-refractivity contribution is -0.167. The molecule has 4 nitrogen and oxygen atoms in total. The van der Waals surface area contributed by atoms with Crippen molar-refractivity contribution < 1.29 is 14.9 Å². The third kappa shape index (κ3) is 2.18. The van der Waals surface area contributed by atoms with Crippen molar-refractivity contribution in [1.29, 1.82) is 0 Å². The van der Waals surface area contributed by atoms with Gasteiger partial charge in [-0.3, -0.25) is 4.90 Å². The Hall–Kier alpha value is -0.160. The van der Waals surface area contributed by atoms with Gasteiger partial charge in [0.05, 0.1) is 18.3 Å². The molecule has 4 atom stereocenters. The molecule has 0 unspecified atom stereocenters. The molecular weight excluding hydrogens is 194 g/mol. The number of ether oxygens (including phenoxy) is 1. The van der Waals surface area contributed by atoms with Gasteiger partial charge < -0.3 is 14.9 Å². The zero-order valence-corrected chi connectivity index (χ0v) is 9.47. The van der Waals surface area contributed by atoms with Crippen molar-refractivity contribution in [2.75, 3.05) is 13.1 Å². The summed E-state index contributed by atoms with van der Waals surface area (Å²) < 4.78 is 5.60. The lowest BCUT2D eigenvalue weighted by Crippen LogP contribution is -2.60. The first-order chi connectivity index (χ1) is 7.09. The topological polar surface area (TPSA) is 52.9 Å². The van der Waals surface area contributed by atoms with Gasteiger partial charge in [-0.15, -0.1) is 0 Å². The van der Waals surface area contributed by atoms with Crippen molar-refractivity contribution in [3.63, 3.8) is 0 Å². The maximum absolute atomic E-state index is 10.1. The van der Waals surface area contributed by atoms with Crippen LogP contribution in [0, 0.1) is 0 Å². The highest BCUT2D eigenvalue weighted by atomic mass is 16.5. The molecule has 0 bridgehead atoms. The fraction of sp³-hybridized carbons (Fsp3) is 1.00. The second-order valence-electron chi connectivity index (χ2n) is 4.91. The van der Waals surface area contributed by atoms with Crippen LogP contribution in [0.3, 0.4) is 0 Å². The number of rotatable bonds is 2. The highest BCUT2D eigenvalue weighted by Gasteiger charge is 2.44. The summed E-state index contributed by atoms with van der Waals surface area (Å²) in [6.07, 6.45) is 0.668. The van der Waals surface area contributed by atoms with Crippen LogP contribution in [0.25, 0.3) is 0 Å². The van der Waals surface area contributed by atoms with Crippen LogP contribution in [0.4, 0.5) is 0 Å². The summed E-state index contributed by atoms with van der Waals surface area (Å²) in [4.78, 5) is 2.18. The van der Waals surface area contributed by atoms with Crippen molar-refractivity contribution in [2.45, 2.75) is 57.1 Å². The van der Waals surface area contributed by atoms with Crippen molar-refractivity contribution in [1.82, 2.24) is 4.90 Å². The Labute approximate surface area is 90.8 Å². The SMILES string of the molecule is CC(C)O[C@H]1[C@@H](O)[C@H]2CCCN2C[C@@H]1O. The van der Waals surface area contributed by atoms with E-state index in [9.17, 15) is 10.2 Å². The fourth-order valence-corrected chi connectivity index (χ4v) is 2.74. The molecule has 0 aromatic heterocycles. The maximum Gasteiger partial charge on any atom is 0.112 e. The summed E-state index contributed by atoms with van der Waals surface area (Å²) in [5.41, 5.74) is 0. The zero-order chi connectivity index (χ0) is 11.0. The first-order valence-corrected chi connectivity index (χ1v) is 5.85. The summed E-state index contributed by atoms with van der Waals surface area (Å²) in [5, 5.41) is 20.0. The van der Waals surface area contributed by atoms with E-state index in [1.54, 1.807) is 0 Å². The number of fused-ring (bicyclic) bond motifs is 1. The summed E-state index contributed by atoms with van der Waals surface area (Å²) in [6, 6.07) is 0.192. The third-order valence-corrected chi connectivity index (χ3v) is 3.38. The lowest BCUT2D eigenvalue weighted by Gasteiger charge is -2.42. The Kier molecular flexibility index (Phi) is 3.30. The van der Waals surface area contributed by atoms with E-state index in [1.807, 2.05) is 13.8 Å². The summed E-state index contributed by atoms with van der Waals surface area (Å²) >= 11 is 0. The van der Waals surface area contributed by atoms with Crippen molar-refractivity contribution in [2.24, 2.45) is 0 Å². The lowest BCUT2D eigenvalue weighted by atomic mass is 9.94. The predicted octanol–water partition coefficient (Wildman–Crippen LogP) is -0.0202. The molecule has 0 aromatic carbocycles. The van der Waals surface area contributed by atoms with E-state index in [0.717, 1.165) is 19.4 Å². The number of hydrogen-bond acceptors (Lipinski definition) is 4. The molecular formula is C11H21NO3. The van der Waals surface area contributed by atoms with Crippen LogP contribution in [-0.2, 0) is 4.74 Å². The van der Waals surface area contributed by atoms with Crippen LogP contribution >= 0.6 is 0 Å². The van der Waals surface area contributed by atoms with E-state index in [1.165, 1.54) is 0 Å². The second-order valence-corrected chi connectivity index (χ2v) is 4.91. The Morgan fingerprint density at radius 2 is 2.07 bits per heavy atom. The number of piperidine rings is 1. The average Bonchev–Trinajstić information content (AvgIpc) is 2.59. The number of aliphatic hydroxyl groups is 2. The number of aliphatic hydroxyl groups excluding tert-OH is 2. The van der Waals surface area contributed by atoms with Crippen LogP contribution < -0.4 is 0 Å². The van der Waals surface area contributed by atoms with Gasteiger partial charge >= 0.3 is 0 Å². The summed E-state index contributed by atoms with van der Waals surface area (Å²) in [6.45, 7) is 5.49. The highest BCUT2D eigenvalue weighted by molar-refractivity contribution is 4.98. The maximum atomic E-state index is 10.1. The largest absolute Gasteiger partial charge is 0.389 e.